The summed E-state index contributed by atoms with van der Waals surface area (Å²) in [6.45, 7) is 0. The Morgan fingerprint density at radius 3 is 2.64 bits per heavy atom. The molecule has 128 valence electrons. The fourth-order valence-corrected chi connectivity index (χ4v) is 2.96. The number of carbonyl (C=O) groups excluding carboxylic acids is 2. The van der Waals surface area contributed by atoms with Crippen molar-refractivity contribution >= 4 is 34.4 Å². The highest BCUT2D eigenvalue weighted by Gasteiger charge is 2.24. The number of halogens is 1. The van der Waals surface area contributed by atoms with Crippen LogP contribution < -0.4 is 5.32 Å². The SMILES string of the molecule is COC(=O)C(Cc1c[nH]c2ccccc12)NC(=O)c1ccccc1Cl. The lowest BCUT2D eigenvalue weighted by atomic mass is 10.0. The summed E-state index contributed by atoms with van der Waals surface area (Å²) in [5, 5.41) is 4.05. The predicted molar refractivity (Wildman–Crippen MR) is 96.7 cm³/mol. The van der Waals surface area contributed by atoms with E-state index in [0.717, 1.165) is 16.5 Å². The summed E-state index contributed by atoms with van der Waals surface area (Å²) in [6.07, 6.45) is 2.15. The fraction of sp³-hybridized carbons (Fsp3) is 0.158. The molecule has 0 spiro atoms. The molecule has 3 rings (SSSR count). The van der Waals surface area contributed by atoms with Crippen molar-refractivity contribution < 1.29 is 14.3 Å². The molecule has 0 aliphatic carbocycles. The maximum Gasteiger partial charge on any atom is 0.328 e. The van der Waals surface area contributed by atoms with Crippen LogP contribution in [0.15, 0.2) is 54.7 Å². The normalized spacial score (nSPS) is 11.9. The minimum atomic E-state index is -0.812. The summed E-state index contributed by atoms with van der Waals surface area (Å²) in [7, 11) is 1.30. The number of methoxy groups -OCH3 is 1. The van der Waals surface area contributed by atoms with Gasteiger partial charge in [-0.15, -0.1) is 0 Å². The molecule has 1 amide bonds. The third-order valence-corrected chi connectivity index (χ3v) is 4.34. The van der Waals surface area contributed by atoms with Gasteiger partial charge < -0.3 is 15.0 Å². The lowest BCUT2D eigenvalue weighted by Crippen LogP contribution is -2.43. The van der Waals surface area contributed by atoms with E-state index >= 15 is 0 Å². The van der Waals surface area contributed by atoms with Gasteiger partial charge in [0.25, 0.3) is 5.91 Å². The van der Waals surface area contributed by atoms with Gasteiger partial charge in [-0.1, -0.05) is 41.9 Å². The molecule has 6 heteroatoms. The van der Waals surface area contributed by atoms with Gasteiger partial charge in [0.15, 0.2) is 0 Å². The topological polar surface area (TPSA) is 71.2 Å². The quantitative estimate of drug-likeness (QED) is 0.689. The van der Waals surface area contributed by atoms with Crippen molar-refractivity contribution in [2.75, 3.05) is 7.11 Å². The highest BCUT2D eigenvalue weighted by molar-refractivity contribution is 6.33. The Morgan fingerprint density at radius 2 is 1.88 bits per heavy atom. The number of benzene rings is 2. The number of H-pyrrole nitrogens is 1. The Morgan fingerprint density at radius 1 is 1.16 bits per heavy atom. The van der Waals surface area contributed by atoms with Crippen LogP contribution in [0.3, 0.4) is 0 Å². The van der Waals surface area contributed by atoms with E-state index in [4.69, 9.17) is 16.3 Å². The second-order valence-corrected chi connectivity index (χ2v) is 6.00. The molecule has 3 aromatic rings. The standard InChI is InChI=1S/C19H17ClN2O3/c1-25-19(24)17(22-18(23)14-7-2-4-8-15(14)20)10-12-11-21-16-9-5-3-6-13(12)16/h2-9,11,17,21H,10H2,1H3,(H,22,23). The van der Waals surface area contributed by atoms with Crippen molar-refractivity contribution in [3.05, 3.63) is 70.9 Å². The van der Waals surface area contributed by atoms with Crippen molar-refractivity contribution in [3.63, 3.8) is 0 Å². The van der Waals surface area contributed by atoms with E-state index in [-0.39, 0.29) is 0 Å². The molecule has 1 aromatic heterocycles. The van der Waals surface area contributed by atoms with Crippen LogP contribution in [0.1, 0.15) is 15.9 Å². The molecule has 0 fully saturated rings. The van der Waals surface area contributed by atoms with Crippen molar-refractivity contribution in [2.45, 2.75) is 12.5 Å². The summed E-state index contributed by atoms with van der Waals surface area (Å²) in [5.74, 6) is -0.925. The summed E-state index contributed by atoms with van der Waals surface area (Å²) in [4.78, 5) is 27.8. The lowest BCUT2D eigenvalue weighted by Gasteiger charge is -2.16. The van der Waals surface area contributed by atoms with Gasteiger partial charge in [-0.25, -0.2) is 4.79 Å². The molecule has 5 nitrogen and oxygen atoms in total. The van der Waals surface area contributed by atoms with Crippen LogP contribution >= 0.6 is 11.6 Å². The van der Waals surface area contributed by atoms with Crippen molar-refractivity contribution in [1.29, 1.82) is 0 Å². The average Bonchev–Trinajstić information content (AvgIpc) is 3.04. The number of carbonyl (C=O) groups is 2. The summed E-state index contributed by atoms with van der Waals surface area (Å²) < 4.78 is 4.84. The maximum absolute atomic E-state index is 12.5. The Kier molecular flexibility index (Phi) is 5.05. The number of hydrogen-bond donors (Lipinski definition) is 2. The Labute approximate surface area is 149 Å². The highest BCUT2D eigenvalue weighted by atomic mass is 35.5. The monoisotopic (exact) mass is 356 g/mol. The minimum Gasteiger partial charge on any atom is -0.467 e. The van der Waals surface area contributed by atoms with Gasteiger partial charge in [0.05, 0.1) is 17.7 Å². The van der Waals surface area contributed by atoms with Gasteiger partial charge in [-0.2, -0.15) is 0 Å². The number of aromatic nitrogens is 1. The van der Waals surface area contributed by atoms with Crippen LogP contribution in [0.2, 0.25) is 5.02 Å². The van der Waals surface area contributed by atoms with Crippen molar-refractivity contribution in [3.8, 4) is 0 Å². The van der Waals surface area contributed by atoms with Crippen LogP contribution in [0.5, 0.6) is 0 Å². The van der Waals surface area contributed by atoms with Gasteiger partial charge in [-0.3, -0.25) is 4.79 Å². The van der Waals surface area contributed by atoms with Gasteiger partial charge in [-0.05, 0) is 23.8 Å². The third kappa shape index (κ3) is 3.67. The lowest BCUT2D eigenvalue weighted by molar-refractivity contribution is -0.142. The van der Waals surface area contributed by atoms with Crippen LogP contribution in [-0.2, 0) is 16.0 Å². The zero-order valence-electron chi connectivity index (χ0n) is 13.6. The van der Waals surface area contributed by atoms with Gasteiger partial charge in [0.1, 0.15) is 6.04 Å². The molecule has 0 bridgehead atoms. The molecule has 0 saturated heterocycles. The van der Waals surface area contributed by atoms with E-state index in [9.17, 15) is 9.59 Å². The molecule has 0 aliphatic rings. The first kappa shape index (κ1) is 17.0. The minimum absolute atomic E-state index is 0.312. The average molecular weight is 357 g/mol. The van der Waals surface area contributed by atoms with Crippen molar-refractivity contribution in [2.24, 2.45) is 0 Å². The van der Waals surface area contributed by atoms with Crippen LogP contribution in [0, 0.1) is 0 Å². The van der Waals surface area contributed by atoms with E-state index in [0.29, 0.717) is 17.0 Å². The first-order valence-corrected chi connectivity index (χ1v) is 8.16. The molecule has 25 heavy (non-hydrogen) atoms. The molecule has 1 heterocycles. The Hall–Kier alpha value is -2.79. The zero-order valence-corrected chi connectivity index (χ0v) is 14.3. The first-order valence-electron chi connectivity index (χ1n) is 7.78. The summed E-state index contributed by atoms with van der Waals surface area (Å²) in [6, 6.07) is 13.7. The molecule has 1 unspecified atom stereocenters. The van der Waals surface area contributed by atoms with E-state index in [1.165, 1.54) is 7.11 Å². The van der Waals surface area contributed by atoms with Crippen LogP contribution in [0.4, 0.5) is 0 Å². The van der Waals surface area contributed by atoms with E-state index < -0.39 is 17.9 Å². The number of aromatic amines is 1. The number of amides is 1. The number of nitrogens with one attached hydrogen (secondary N) is 2. The van der Waals surface area contributed by atoms with Crippen molar-refractivity contribution in [1.82, 2.24) is 10.3 Å². The van der Waals surface area contributed by atoms with E-state index in [1.807, 2.05) is 30.5 Å². The highest BCUT2D eigenvalue weighted by Crippen LogP contribution is 2.20. The second-order valence-electron chi connectivity index (χ2n) is 5.59. The third-order valence-electron chi connectivity index (χ3n) is 4.01. The molecule has 0 radical (unpaired) electrons. The molecule has 2 N–H and O–H groups in total. The molecular weight excluding hydrogens is 340 g/mol. The number of esters is 1. The van der Waals surface area contributed by atoms with Gasteiger partial charge >= 0.3 is 5.97 Å². The second kappa shape index (κ2) is 7.40. The summed E-state index contributed by atoms with van der Waals surface area (Å²) >= 11 is 6.05. The maximum atomic E-state index is 12.5. The van der Waals surface area contributed by atoms with Crippen LogP contribution in [-0.4, -0.2) is 30.0 Å². The number of para-hydroxylation sites is 1. The summed E-state index contributed by atoms with van der Waals surface area (Å²) in [5.41, 5.74) is 2.21. The Balaban J connectivity index is 1.84. The van der Waals surface area contributed by atoms with E-state index in [2.05, 4.69) is 10.3 Å². The molecular formula is C19H17ClN2O3. The first-order chi connectivity index (χ1) is 12.1. The van der Waals surface area contributed by atoms with Gasteiger partial charge in [0.2, 0.25) is 0 Å². The Bertz CT molecular complexity index is 920. The number of hydrogen-bond acceptors (Lipinski definition) is 3. The smallest absolute Gasteiger partial charge is 0.328 e. The molecule has 0 saturated carbocycles. The zero-order chi connectivity index (χ0) is 17.8. The van der Waals surface area contributed by atoms with Gasteiger partial charge in [0, 0.05) is 23.5 Å². The number of ether oxygens (including phenoxy) is 1. The number of fused-ring (bicyclic) bond motifs is 1. The predicted octanol–water partition coefficient (Wildman–Crippen LogP) is 3.34. The van der Waals surface area contributed by atoms with E-state index in [1.54, 1.807) is 24.3 Å². The fourth-order valence-electron chi connectivity index (χ4n) is 2.74. The largest absolute Gasteiger partial charge is 0.467 e. The molecule has 0 aliphatic heterocycles. The van der Waals surface area contributed by atoms with Crippen LogP contribution in [0.25, 0.3) is 10.9 Å². The number of rotatable bonds is 5. The molecule has 1 atom stereocenters. The molecule has 2 aromatic carbocycles.